The van der Waals surface area contributed by atoms with Crippen molar-refractivity contribution in [2.75, 3.05) is 11.9 Å². The summed E-state index contributed by atoms with van der Waals surface area (Å²) in [4.78, 5) is 4.23. The highest BCUT2D eigenvalue weighted by Gasteiger charge is 2.15. The molecule has 0 saturated heterocycles. The van der Waals surface area contributed by atoms with Gasteiger partial charge in [-0.2, -0.15) is 9.61 Å². The molecule has 0 fully saturated rings. The molecule has 0 atom stereocenters. The Labute approximate surface area is 122 Å². The number of anilines is 1. The molecule has 4 rings (SSSR count). The number of rotatable bonds is 2. The molecular weight excluding hydrogens is 264 g/mol. The maximum atomic E-state index is 6.13. The third-order valence-electron chi connectivity index (χ3n) is 3.74. The Bertz CT molecular complexity index is 809. The number of benzene rings is 1. The van der Waals surface area contributed by atoms with E-state index in [1.165, 1.54) is 5.56 Å². The van der Waals surface area contributed by atoms with Crippen molar-refractivity contribution in [2.45, 2.75) is 19.8 Å². The Hall–Kier alpha value is -2.56. The SMILES string of the molecule is Cc1cc(Oc2cccc3c2NCCC3)n2ncnc2c1. The van der Waals surface area contributed by atoms with Crippen LogP contribution in [0.3, 0.4) is 0 Å². The molecule has 1 N–H and O–H groups in total. The number of ether oxygens (including phenoxy) is 1. The minimum Gasteiger partial charge on any atom is -0.437 e. The van der Waals surface area contributed by atoms with Crippen molar-refractivity contribution >= 4 is 11.3 Å². The maximum Gasteiger partial charge on any atom is 0.222 e. The molecule has 0 saturated carbocycles. The lowest BCUT2D eigenvalue weighted by molar-refractivity contribution is 0.447. The van der Waals surface area contributed by atoms with Crippen LogP contribution < -0.4 is 10.1 Å². The standard InChI is InChI=1S/C16H16N4O/c1-11-8-14-18-10-19-20(14)15(9-11)21-13-6-2-4-12-5-3-7-17-16(12)13/h2,4,6,8-10,17H,3,5,7H2,1H3. The van der Waals surface area contributed by atoms with Gasteiger partial charge < -0.3 is 10.1 Å². The summed E-state index contributed by atoms with van der Waals surface area (Å²) in [7, 11) is 0. The molecule has 1 aliphatic rings. The molecular formula is C16H16N4O. The molecule has 5 nitrogen and oxygen atoms in total. The summed E-state index contributed by atoms with van der Waals surface area (Å²) in [5.74, 6) is 1.53. The molecule has 0 amide bonds. The average molecular weight is 280 g/mol. The fraction of sp³-hybridized carbons (Fsp3) is 0.250. The largest absolute Gasteiger partial charge is 0.437 e. The zero-order valence-corrected chi connectivity index (χ0v) is 11.8. The van der Waals surface area contributed by atoms with Gasteiger partial charge in [-0.05, 0) is 43.0 Å². The molecule has 0 aliphatic carbocycles. The maximum absolute atomic E-state index is 6.13. The number of aromatic nitrogens is 3. The van der Waals surface area contributed by atoms with Gasteiger partial charge in [-0.3, -0.25) is 0 Å². The first-order valence-electron chi connectivity index (χ1n) is 7.15. The first kappa shape index (κ1) is 12.2. The molecule has 1 aliphatic heterocycles. The van der Waals surface area contributed by atoms with Gasteiger partial charge in [0.2, 0.25) is 5.88 Å². The quantitative estimate of drug-likeness (QED) is 0.783. The van der Waals surface area contributed by atoms with E-state index < -0.39 is 0 Å². The second kappa shape index (κ2) is 4.77. The van der Waals surface area contributed by atoms with Gasteiger partial charge in [0.1, 0.15) is 6.33 Å². The fourth-order valence-electron chi connectivity index (χ4n) is 2.77. The molecule has 3 heterocycles. The van der Waals surface area contributed by atoms with Gasteiger partial charge in [-0.1, -0.05) is 12.1 Å². The number of nitrogens with one attached hydrogen (secondary N) is 1. The number of pyridine rings is 1. The Kier molecular flexibility index (Phi) is 2.77. The molecule has 3 aromatic rings. The van der Waals surface area contributed by atoms with E-state index in [-0.39, 0.29) is 0 Å². The second-order valence-corrected chi connectivity index (χ2v) is 5.32. The van der Waals surface area contributed by atoms with E-state index >= 15 is 0 Å². The lowest BCUT2D eigenvalue weighted by Gasteiger charge is -2.21. The van der Waals surface area contributed by atoms with Gasteiger partial charge in [0.25, 0.3) is 0 Å². The highest BCUT2D eigenvalue weighted by atomic mass is 16.5. The van der Waals surface area contributed by atoms with Gasteiger partial charge in [-0.15, -0.1) is 0 Å². The lowest BCUT2D eigenvalue weighted by atomic mass is 10.0. The Morgan fingerprint density at radius 2 is 2.24 bits per heavy atom. The zero-order chi connectivity index (χ0) is 14.2. The van der Waals surface area contributed by atoms with Crippen LogP contribution in [0.2, 0.25) is 0 Å². The monoisotopic (exact) mass is 280 g/mol. The molecule has 2 aromatic heterocycles. The Morgan fingerprint density at radius 3 is 3.19 bits per heavy atom. The normalized spacial score (nSPS) is 13.8. The van der Waals surface area contributed by atoms with Gasteiger partial charge in [0.15, 0.2) is 11.4 Å². The second-order valence-electron chi connectivity index (χ2n) is 5.32. The highest BCUT2D eigenvalue weighted by Crippen LogP contribution is 2.35. The van der Waals surface area contributed by atoms with Gasteiger partial charge in [-0.25, -0.2) is 4.98 Å². The predicted octanol–water partition coefficient (Wildman–Crippen LogP) is 3.19. The number of nitrogens with zero attached hydrogens (tertiary/aromatic N) is 3. The van der Waals surface area contributed by atoms with Crippen LogP contribution in [-0.4, -0.2) is 21.1 Å². The Balaban J connectivity index is 1.80. The van der Waals surface area contributed by atoms with Crippen LogP contribution in [0.5, 0.6) is 11.6 Å². The average Bonchev–Trinajstić information content (AvgIpc) is 2.96. The molecule has 0 bridgehead atoms. The molecule has 0 spiro atoms. The smallest absolute Gasteiger partial charge is 0.222 e. The summed E-state index contributed by atoms with van der Waals surface area (Å²) in [6, 6.07) is 10.1. The van der Waals surface area contributed by atoms with Gasteiger partial charge >= 0.3 is 0 Å². The summed E-state index contributed by atoms with van der Waals surface area (Å²) in [5, 5.41) is 7.67. The van der Waals surface area contributed by atoms with E-state index in [1.54, 1.807) is 10.8 Å². The topological polar surface area (TPSA) is 51.5 Å². The summed E-state index contributed by atoms with van der Waals surface area (Å²) >= 11 is 0. The van der Waals surface area contributed by atoms with Crippen molar-refractivity contribution in [2.24, 2.45) is 0 Å². The van der Waals surface area contributed by atoms with E-state index in [4.69, 9.17) is 4.74 Å². The number of aryl methyl sites for hydroxylation is 2. The summed E-state index contributed by atoms with van der Waals surface area (Å²) in [5.41, 5.74) is 4.30. The number of fused-ring (bicyclic) bond motifs is 2. The van der Waals surface area contributed by atoms with Crippen molar-refractivity contribution in [1.29, 1.82) is 0 Å². The van der Waals surface area contributed by atoms with E-state index in [0.717, 1.165) is 42.0 Å². The third-order valence-corrected chi connectivity index (χ3v) is 3.74. The first-order valence-corrected chi connectivity index (χ1v) is 7.15. The summed E-state index contributed by atoms with van der Waals surface area (Å²) in [6.45, 7) is 3.01. The number of hydrogen-bond donors (Lipinski definition) is 1. The molecule has 21 heavy (non-hydrogen) atoms. The van der Waals surface area contributed by atoms with Crippen molar-refractivity contribution in [3.63, 3.8) is 0 Å². The number of hydrogen-bond acceptors (Lipinski definition) is 4. The molecule has 5 heteroatoms. The van der Waals surface area contributed by atoms with E-state index in [1.807, 2.05) is 31.2 Å². The van der Waals surface area contributed by atoms with Crippen LogP contribution in [0.25, 0.3) is 5.65 Å². The van der Waals surface area contributed by atoms with Crippen molar-refractivity contribution in [1.82, 2.24) is 14.6 Å². The molecule has 0 radical (unpaired) electrons. The lowest BCUT2D eigenvalue weighted by Crippen LogP contribution is -2.12. The summed E-state index contributed by atoms with van der Waals surface area (Å²) < 4.78 is 7.84. The van der Waals surface area contributed by atoms with Crippen molar-refractivity contribution < 1.29 is 4.74 Å². The fourth-order valence-corrected chi connectivity index (χ4v) is 2.77. The van der Waals surface area contributed by atoms with Crippen LogP contribution in [0.4, 0.5) is 5.69 Å². The van der Waals surface area contributed by atoms with Crippen LogP contribution in [0.1, 0.15) is 17.5 Å². The van der Waals surface area contributed by atoms with Gasteiger partial charge in [0, 0.05) is 12.6 Å². The van der Waals surface area contributed by atoms with E-state index in [0.29, 0.717) is 5.88 Å². The Morgan fingerprint density at radius 1 is 1.29 bits per heavy atom. The first-order chi connectivity index (χ1) is 10.3. The van der Waals surface area contributed by atoms with Crippen LogP contribution >= 0.6 is 0 Å². The minimum atomic E-state index is 0.684. The predicted molar refractivity (Wildman–Crippen MR) is 81.1 cm³/mol. The zero-order valence-electron chi connectivity index (χ0n) is 11.8. The summed E-state index contributed by atoms with van der Waals surface area (Å²) in [6.07, 6.45) is 3.79. The van der Waals surface area contributed by atoms with Crippen LogP contribution in [0.15, 0.2) is 36.7 Å². The minimum absolute atomic E-state index is 0.684. The molecule has 106 valence electrons. The molecule has 1 aromatic carbocycles. The van der Waals surface area contributed by atoms with Crippen LogP contribution in [0, 0.1) is 6.92 Å². The van der Waals surface area contributed by atoms with Crippen molar-refractivity contribution in [3.8, 4) is 11.6 Å². The number of para-hydroxylation sites is 1. The highest BCUT2D eigenvalue weighted by molar-refractivity contribution is 5.64. The van der Waals surface area contributed by atoms with Crippen LogP contribution in [-0.2, 0) is 6.42 Å². The van der Waals surface area contributed by atoms with E-state index in [2.05, 4.69) is 21.5 Å². The van der Waals surface area contributed by atoms with Gasteiger partial charge in [0.05, 0.1) is 5.69 Å². The van der Waals surface area contributed by atoms with Crippen molar-refractivity contribution in [3.05, 3.63) is 47.8 Å². The van der Waals surface area contributed by atoms with E-state index in [9.17, 15) is 0 Å². The molecule has 0 unspecified atom stereocenters. The third kappa shape index (κ3) is 2.11.